The number of aliphatic hydroxyl groups excluding tert-OH is 1. The summed E-state index contributed by atoms with van der Waals surface area (Å²) in [4.78, 5) is 24.8. The first kappa shape index (κ1) is 17.1. The van der Waals surface area contributed by atoms with Gasteiger partial charge in [-0.25, -0.2) is 0 Å². The first-order valence-corrected chi connectivity index (χ1v) is 9.00. The van der Waals surface area contributed by atoms with Gasteiger partial charge in [-0.15, -0.1) is 0 Å². The van der Waals surface area contributed by atoms with Crippen molar-refractivity contribution in [3.63, 3.8) is 0 Å². The Bertz CT molecular complexity index is 890. The highest BCUT2D eigenvalue weighted by Crippen LogP contribution is 2.35. The zero-order valence-corrected chi connectivity index (χ0v) is 14.6. The van der Waals surface area contributed by atoms with Gasteiger partial charge >= 0.3 is 0 Å². The summed E-state index contributed by atoms with van der Waals surface area (Å²) in [7, 11) is 0. The second-order valence-electron chi connectivity index (χ2n) is 6.77. The fraction of sp³-hybridized carbons (Fsp3) is 0.238. The maximum absolute atomic E-state index is 12.5. The van der Waals surface area contributed by atoms with Crippen LogP contribution in [0.2, 0.25) is 0 Å². The van der Waals surface area contributed by atoms with Gasteiger partial charge in [0.25, 0.3) is 11.8 Å². The molecule has 1 saturated carbocycles. The average Bonchev–Trinajstić information content (AvgIpc) is 3.13. The number of carbonyl (C=O) groups excluding carboxylic acids is 2. The van der Waals surface area contributed by atoms with Crippen molar-refractivity contribution in [2.75, 3.05) is 5.32 Å². The van der Waals surface area contributed by atoms with E-state index in [1.807, 2.05) is 30.3 Å². The van der Waals surface area contributed by atoms with Crippen molar-refractivity contribution in [3.05, 3.63) is 65.9 Å². The molecule has 2 aliphatic rings. The van der Waals surface area contributed by atoms with E-state index in [9.17, 15) is 14.7 Å². The van der Waals surface area contributed by atoms with Gasteiger partial charge in [0, 0.05) is 17.6 Å². The molecule has 2 aromatic rings. The molecule has 3 N–H and O–H groups in total. The molecule has 1 aliphatic heterocycles. The summed E-state index contributed by atoms with van der Waals surface area (Å²) >= 11 is 0. The minimum absolute atomic E-state index is 0.0662. The van der Waals surface area contributed by atoms with Crippen LogP contribution in [0, 0.1) is 5.92 Å². The number of ether oxygens (including phenoxy) is 1. The maximum atomic E-state index is 12.5. The van der Waals surface area contributed by atoms with E-state index in [0.717, 1.165) is 19.3 Å². The van der Waals surface area contributed by atoms with Crippen LogP contribution in [0.25, 0.3) is 0 Å². The van der Waals surface area contributed by atoms with Crippen molar-refractivity contribution in [1.82, 2.24) is 5.32 Å². The highest BCUT2D eigenvalue weighted by Gasteiger charge is 2.41. The van der Waals surface area contributed by atoms with Crippen molar-refractivity contribution in [2.24, 2.45) is 5.92 Å². The standard InChI is InChI=1S/C21H20N2O4/c24-19-16-7-4-8-17(16)23-21(26)18(19)20(25)22-13-9-11-15(12-10-13)27-14-5-2-1-3-6-14/h1-3,5-6,9-12,16-17,24H,4,7-8H2,(H,22,25)(H,23,26). The van der Waals surface area contributed by atoms with Gasteiger partial charge in [0.1, 0.15) is 22.8 Å². The third-order valence-corrected chi connectivity index (χ3v) is 4.99. The van der Waals surface area contributed by atoms with E-state index in [1.165, 1.54) is 0 Å². The average molecular weight is 364 g/mol. The molecule has 2 atom stereocenters. The van der Waals surface area contributed by atoms with Gasteiger partial charge in [0.05, 0.1) is 0 Å². The van der Waals surface area contributed by atoms with Gasteiger partial charge in [-0.3, -0.25) is 9.59 Å². The van der Waals surface area contributed by atoms with E-state index in [-0.39, 0.29) is 23.3 Å². The molecule has 0 bridgehead atoms. The van der Waals surface area contributed by atoms with Gasteiger partial charge in [-0.2, -0.15) is 0 Å². The third-order valence-electron chi connectivity index (χ3n) is 4.99. The van der Waals surface area contributed by atoms with Gasteiger partial charge < -0.3 is 20.5 Å². The van der Waals surface area contributed by atoms with Gasteiger partial charge in [0.15, 0.2) is 0 Å². The zero-order chi connectivity index (χ0) is 18.8. The number of hydrogen-bond donors (Lipinski definition) is 3. The van der Waals surface area contributed by atoms with Crippen molar-refractivity contribution in [1.29, 1.82) is 0 Å². The first-order valence-electron chi connectivity index (χ1n) is 9.00. The minimum Gasteiger partial charge on any atom is -0.511 e. The highest BCUT2D eigenvalue weighted by atomic mass is 16.5. The van der Waals surface area contributed by atoms with Gasteiger partial charge in [0.2, 0.25) is 0 Å². The van der Waals surface area contributed by atoms with Crippen molar-refractivity contribution >= 4 is 17.5 Å². The van der Waals surface area contributed by atoms with E-state index in [1.54, 1.807) is 24.3 Å². The number of para-hydroxylation sites is 1. The molecule has 2 amide bonds. The van der Waals surface area contributed by atoms with E-state index >= 15 is 0 Å². The molecule has 6 heteroatoms. The molecular formula is C21H20N2O4. The minimum atomic E-state index is -0.605. The summed E-state index contributed by atoms with van der Waals surface area (Å²) in [6.07, 6.45) is 2.54. The number of fused-ring (bicyclic) bond motifs is 1. The summed E-state index contributed by atoms with van der Waals surface area (Å²) < 4.78 is 5.71. The Morgan fingerprint density at radius 2 is 1.74 bits per heavy atom. The number of carbonyl (C=O) groups is 2. The Hall–Kier alpha value is -3.28. The van der Waals surface area contributed by atoms with Crippen LogP contribution in [-0.2, 0) is 9.59 Å². The molecule has 4 rings (SSSR count). The van der Waals surface area contributed by atoms with Crippen molar-refractivity contribution < 1.29 is 19.4 Å². The van der Waals surface area contributed by atoms with Gasteiger partial charge in [-0.1, -0.05) is 24.6 Å². The van der Waals surface area contributed by atoms with Crippen LogP contribution >= 0.6 is 0 Å². The number of anilines is 1. The SMILES string of the molecule is O=C(Nc1ccc(Oc2ccccc2)cc1)C1=C(O)C2CCCC2NC1=O. The summed E-state index contributed by atoms with van der Waals surface area (Å²) in [5.41, 5.74) is 0.324. The zero-order valence-electron chi connectivity index (χ0n) is 14.6. The Labute approximate surface area is 156 Å². The monoisotopic (exact) mass is 364 g/mol. The summed E-state index contributed by atoms with van der Waals surface area (Å²) in [6.45, 7) is 0. The van der Waals surface area contributed by atoms with Crippen LogP contribution in [0.15, 0.2) is 65.9 Å². The maximum Gasteiger partial charge on any atom is 0.264 e. The fourth-order valence-corrected chi connectivity index (χ4v) is 3.65. The number of rotatable bonds is 4. The summed E-state index contributed by atoms with van der Waals surface area (Å²) in [5.74, 6) is -0.0306. The molecule has 2 unspecified atom stereocenters. The Morgan fingerprint density at radius 1 is 1.04 bits per heavy atom. The second-order valence-corrected chi connectivity index (χ2v) is 6.77. The normalized spacial score (nSPS) is 21.4. The third kappa shape index (κ3) is 3.51. The van der Waals surface area contributed by atoms with Crippen LogP contribution in [0.1, 0.15) is 19.3 Å². The lowest BCUT2D eigenvalue weighted by Crippen LogP contribution is -2.46. The molecule has 27 heavy (non-hydrogen) atoms. The molecule has 1 aliphatic carbocycles. The number of amides is 2. The van der Waals surface area contributed by atoms with Crippen molar-refractivity contribution in [2.45, 2.75) is 25.3 Å². The molecule has 0 saturated heterocycles. The van der Waals surface area contributed by atoms with E-state index < -0.39 is 11.8 Å². The Balaban J connectivity index is 1.46. The molecule has 1 heterocycles. The predicted molar refractivity (Wildman–Crippen MR) is 101 cm³/mol. The quantitative estimate of drug-likeness (QED) is 0.724. The Morgan fingerprint density at radius 3 is 2.48 bits per heavy atom. The summed E-state index contributed by atoms with van der Waals surface area (Å²) in [6, 6.07) is 16.1. The van der Waals surface area contributed by atoms with E-state index in [2.05, 4.69) is 10.6 Å². The second kappa shape index (κ2) is 7.15. The molecule has 138 valence electrons. The smallest absolute Gasteiger partial charge is 0.264 e. The number of aliphatic hydroxyl groups is 1. The largest absolute Gasteiger partial charge is 0.511 e. The first-order chi connectivity index (χ1) is 13.1. The topological polar surface area (TPSA) is 87.7 Å². The van der Waals surface area contributed by atoms with E-state index in [0.29, 0.717) is 17.2 Å². The molecule has 0 aromatic heterocycles. The number of nitrogens with one attached hydrogen (secondary N) is 2. The Kier molecular flexibility index (Phi) is 4.54. The molecule has 2 aromatic carbocycles. The molecule has 0 spiro atoms. The molecule has 0 radical (unpaired) electrons. The molecule has 6 nitrogen and oxygen atoms in total. The predicted octanol–water partition coefficient (Wildman–Crippen LogP) is 3.53. The number of benzene rings is 2. The van der Waals surface area contributed by atoms with Gasteiger partial charge in [-0.05, 0) is 49.2 Å². The highest BCUT2D eigenvalue weighted by molar-refractivity contribution is 6.23. The summed E-state index contributed by atoms with van der Waals surface area (Å²) in [5, 5.41) is 15.9. The lowest BCUT2D eigenvalue weighted by molar-refractivity contribution is -0.123. The fourth-order valence-electron chi connectivity index (χ4n) is 3.65. The lowest BCUT2D eigenvalue weighted by atomic mass is 9.92. The van der Waals surface area contributed by atoms with Crippen LogP contribution in [0.5, 0.6) is 11.5 Å². The van der Waals surface area contributed by atoms with Crippen LogP contribution in [0.3, 0.4) is 0 Å². The molecular weight excluding hydrogens is 344 g/mol. The van der Waals surface area contributed by atoms with Crippen LogP contribution in [-0.4, -0.2) is 23.0 Å². The molecule has 1 fully saturated rings. The van der Waals surface area contributed by atoms with E-state index in [4.69, 9.17) is 4.74 Å². The van der Waals surface area contributed by atoms with Crippen molar-refractivity contribution in [3.8, 4) is 11.5 Å². The van der Waals surface area contributed by atoms with Crippen LogP contribution in [0.4, 0.5) is 5.69 Å². The van der Waals surface area contributed by atoms with Crippen LogP contribution < -0.4 is 15.4 Å². The number of hydrogen-bond acceptors (Lipinski definition) is 4. The lowest BCUT2D eigenvalue weighted by Gasteiger charge is -2.27.